The second-order valence-electron chi connectivity index (χ2n) is 4.65. The van der Waals surface area contributed by atoms with Crippen LogP contribution in [0.4, 0.5) is 0 Å². The van der Waals surface area contributed by atoms with Crippen molar-refractivity contribution < 1.29 is 4.42 Å². The number of hydrogen-bond donors (Lipinski definition) is 1. The van der Waals surface area contributed by atoms with Gasteiger partial charge in [-0.1, -0.05) is 6.92 Å². The summed E-state index contributed by atoms with van der Waals surface area (Å²) in [5, 5.41) is 3.34. The van der Waals surface area contributed by atoms with Crippen molar-refractivity contribution in [3.8, 4) is 0 Å². The van der Waals surface area contributed by atoms with E-state index in [-0.39, 0.29) is 0 Å². The van der Waals surface area contributed by atoms with Crippen LogP contribution >= 0.6 is 0 Å². The Morgan fingerprint density at radius 2 is 2.29 bits per heavy atom. The third-order valence-electron chi connectivity index (χ3n) is 3.30. The summed E-state index contributed by atoms with van der Waals surface area (Å²) in [5.41, 5.74) is 0. The summed E-state index contributed by atoms with van der Waals surface area (Å²) in [6, 6.07) is 3.88. The summed E-state index contributed by atoms with van der Waals surface area (Å²) in [6.45, 7) is 5.21. The second-order valence-corrected chi connectivity index (χ2v) is 4.65. The molecule has 1 N–H and O–H groups in total. The Labute approximate surface area is 103 Å². The van der Waals surface area contributed by atoms with E-state index in [4.69, 9.17) is 4.42 Å². The predicted octanol–water partition coefficient (Wildman–Crippen LogP) is 2.09. The Bertz CT molecular complexity index is 351. The van der Waals surface area contributed by atoms with Crippen LogP contribution in [0, 0.1) is 5.92 Å². The lowest BCUT2D eigenvalue weighted by atomic mass is 10.00. The number of hydrogen-bond acceptors (Lipinski definition) is 2. The maximum Gasteiger partial charge on any atom is 0.194 e. The highest BCUT2D eigenvalue weighted by Gasteiger charge is 2.18. The normalized spacial score (nSPS) is 18.5. The van der Waals surface area contributed by atoms with E-state index < -0.39 is 0 Å². The molecule has 0 spiro atoms. The van der Waals surface area contributed by atoms with Gasteiger partial charge in [-0.25, -0.2) is 0 Å². The van der Waals surface area contributed by atoms with Crippen molar-refractivity contribution >= 4 is 5.96 Å². The largest absolute Gasteiger partial charge is 0.467 e. The molecule has 94 valence electrons. The maximum atomic E-state index is 5.30. The van der Waals surface area contributed by atoms with E-state index in [1.165, 1.54) is 12.8 Å². The fraction of sp³-hybridized carbons (Fsp3) is 0.615. The predicted molar refractivity (Wildman–Crippen MR) is 68.9 cm³/mol. The van der Waals surface area contributed by atoms with Crippen molar-refractivity contribution in [1.29, 1.82) is 0 Å². The van der Waals surface area contributed by atoms with Crippen LogP contribution in [0.15, 0.2) is 27.8 Å². The van der Waals surface area contributed by atoms with Crippen LogP contribution in [-0.2, 0) is 6.54 Å². The molecular weight excluding hydrogens is 214 g/mol. The van der Waals surface area contributed by atoms with Crippen molar-refractivity contribution in [2.45, 2.75) is 26.3 Å². The van der Waals surface area contributed by atoms with Gasteiger partial charge in [0, 0.05) is 20.1 Å². The Morgan fingerprint density at radius 1 is 1.53 bits per heavy atom. The van der Waals surface area contributed by atoms with E-state index in [0.29, 0.717) is 6.54 Å². The Hall–Kier alpha value is -1.45. The molecule has 4 heteroatoms. The molecule has 0 unspecified atom stereocenters. The molecule has 2 heterocycles. The third kappa shape index (κ3) is 3.25. The van der Waals surface area contributed by atoms with Gasteiger partial charge in [0.2, 0.25) is 0 Å². The minimum absolute atomic E-state index is 0.700. The molecule has 0 aromatic carbocycles. The van der Waals surface area contributed by atoms with Gasteiger partial charge in [0.1, 0.15) is 5.76 Å². The van der Waals surface area contributed by atoms with Crippen molar-refractivity contribution in [3.05, 3.63) is 24.2 Å². The van der Waals surface area contributed by atoms with Crippen LogP contribution in [0.2, 0.25) is 0 Å². The minimum atomic E-state index is 0.700. The average Bonchev–Trinajstić information content (AvgIpc) is 2.85. The summed E-state index contributed by atoms with van der Waals surface area (Å²) in [4.78, 5) is 6.65. The second kappa shape index (κ2) is 5.75. The summed E-state index contributed by atoms with van der Waals surface area (Å²) < 4.78 is 5.30. The lowest BCUT2D eigenvalue weighted by Gasteiger charge is -2.32. The van der Waals surface area contributed by atoms with E-state index >= 15 is 0 Å². The maximum absolute atomic E-state index is 5.30. The molecule has 1 aliphatic heterocycles. The number of piperidine rings is 1. The number of rotatable bonds is 2. The quantitative estimate of drug-likeness (QED) is 0.630. The van der Waals surface area contributed by atoms with Crippen molar-refractivity contribution in [2.24, 2.45) is 10.9 Å². The Morgan fingerprint density at radius 3 is 2.88 bits per heavy atom. The molecule has 0 bridgehead atoms. The van der Waals surface area contributed by atoms with Gasteiger partial charge in [0.15, 0.2) is 5.96 Å². The zero-order chi connectivity index (χ0) is 12.1. The smallest absolute Gasteiger partial charge is 0.194 e. The lowest BCUT2D eigenvalue weighted by Crippen LogP contribution is -2.45. The number of furan rings is 1. The first kappa shape index (κ1) is 12.0. The molecule has 2 rings (SSSR count). The fourth-order valence-electron chi connectivity index (χ4n) is 2.13. The third-order valence-corrected chi connectivity index (χ3v) is 3.30. The van der Waals surface area contributed by atoms with Crippen molar-refractivity contribution in [3.63, 3.8) is 0 Å². The highest BCUT2D eigenvalue weighted by molar-refractivity contribution is 5.79. The van der Waals surface area contributed by atoms with Gasteiger partial charge in [-0.3, -0.25) is 4.99 Å². The summed E-state index contributed by atoms with van der Waals surface area (Å²) >= 11 is 0. The first-order valence-corrected chi connectivity index (χ1v) is 6.27. The molecule has 1 fully saturated rings. The number of nitrogens with zero attached hydrogens (tertiary/aromatic N) is 2. The van der Waals surface area contributed by atoms with Crippen LogP contribution in [0.1, 0.15) is 25.5 Å². The Balaban J connectivity index is 1.85. The van der Waals surface area contributed by atoms with Crippen LogP contribution in [0.5, 0.6) is 0 Å². The molecule has 1 saturated heterocycles. The highest BCUT2D eigenvalue weighted by Crippen LogP contribution is 2.15. The molecule has 1 aliphatic rings. The van der Waals surface area contributed by atoms with E-state index in [2.05, 4.69) is 22.1 Å². The van der Waals surface area contributed by atoms with Crippen molar-refractivity contribution in [2.75, 3.05) is 20.1 Å². The van der Waals surface area contributed by atoms with Crippen LogP contribution in [0.25, 0.3) is 0 Å². The van der Waals surface area contributed by atoms with Crippen LogP contribution < -0.4 is 5.32 Å². The SMILES string of the molecule is CN=C(NCc1ccco1)N1CCC(C)CC1. The number of guanidine groups is 1. The monoisotopic (exact) mass is 235 g/mol. The molecule has 4 nitrogen and oxygen atoms in total. The van der Waals surface area contributed by atoms with Gasteiger partial charge in [0.05, 0.1) is 12.8 Å². The topological polar surface area (TPSA) is 40.8 Å². The van der Waals surface area contributed by atoms with E-state index in [1.807, 2.05) is 19.2 Å². The zero-order valence-corrected chi connectivity index (χ0v) is 10.6. The molecule has 0 saturated carbocycles. The van der Waals surface area contributed by atoms with Crippen LogP contribution in [-0.4, -0.2) is 31.0 Å². The molecule has 0 aliphatic carbocycles. The number of aliphatic imine (C=N–C) groups is 1. The summed E-state index contributed by atoms with van der Waals surface area (Å²) in [7, 11) is 1.84. The molecule has 1 aromatic heterocycles. The molecule has 0 atom stereocenters. The van der Waals surface area contributed by atoms with Gasteiger partial charge in [-0.05, 0) is 30.9 Å². The molecule has 17 heavy (non-hydrogen) atoms. The van der Waals surface area contributed by atoms with E-state index in [9.17, 15) is 0 Å². The molecule has 0 amide bonds. The highest BCUT2D eigenvalue weighted by atomic mass is 16.3. The zero-order valence-electron chi connectivity index (χ0n) is 10.6. The standard InChI is InChI=1S/C13H21N3O/c1-11-5-7-16(8-6-11)13(14-2)15-10-12-4-3-9-17-12/h3-4,9,11H,5-8,10H2,1-2H3,(H,14,15). The van der Waals surface area contributed by atoms with Gasteiger partial charge < -0.3 is 14.6 Å². The van der Waals surface area contributed by atoms with Gasteiger partial charge in [-0.2, -0.15) is 0 Å². The van der Waals surface area contributed by atoms with Gasteiger partial charge >= 0.3 is 0 Å². The first-order valence-electron chi connectivity index (χ1n) is 6.27. The van der Waals surface area contributed by atoms with Crippen molar-refractivity contribution in [1.82, 2.24) is 10.2 Å². The number of likely N-dealkylation sites (tertiary alicyclic amines) is 1. The molecule has 1 aromatic rings. The fourth-order valence-corrected chi connectivity index (χ4v) is 2.13. The summed E-state index contributed by atoms with van der Waals surface area (Å²) in [5.74, 6) is 2.76. The first-order chi connectivity index (χ1) is 8.29. The summed E-state index contributed by atoms with van der Waals surface area (Å²) in [6.07, 6.45) is 4.20. The van der Waals surface area contributed by atoms with Crippen LogP contribution in [0.3, 0.4) is 0 Å². The number of nitrogens with one attached hydrogen (secondary N) is 1. The average molecular weight is 235 g/mol. The van der Waals surface area contributed by atoms with E-state index in [0.717, 1.165) is 30.7 Å². The Kier molecular flexibility index (Phi) is 4.07. The van der Waals surface area contributed by atoms with Gasteiger partial charge in [0.25, 0.3) is 0 Å². The van der Waals surface area contributed by atoms with E-state index in [1.54, 1.807) is 6.26 Å². The van der Waals surface area contributed by atoms with Gasteiger partial charge in [-0.15, -0.1) is 0 Å². The molecule has 0 radical (unpaired) electrons. The minimum Gasteiger partial charge on any atom is -0.467 e. The molecular formula is C13H21N3O. The lowest BCUT2D eigenvalue weighted by molar-refractivity contribution is 0.272.